The lowest BCUT2D eigenvalue weighted by molar-refractivity contribution is -0.126. The van der Waals surface area contributed by atoms with Gasteiger partial charge in [-0.2, -0.15) is 0 Å². The number of hydrogen-bond acceptors (Lipinski definition) is 3. The lowest BCUT2D eigenvalue weighted by Crippen LogP contribution is -2.31. The van der Waals surface area contributed by atoms with Gasteiger partial charge in [-0.3, -0.25) is 9.59 Å². The fraction of sp³-hybridized carbons (Fsp3) is 0.750. The van der Waals surface area contributed by atoms with Gasteiger partial charge in [0, 0.05) is 0 Å². The van der Waals surface area contributed by atoms with E-state index >= 15 is 0 Å². The summed E-state index contributed by atoms with van der Waals surface area (Å²) < 4.78 is 0. The molecule has 1 N–H and O–H groups in total. The van der Waals surface area contributed by atoms with Gasteiger partial charge in [-0.25, -0.2) is 0 Å². The van der Waals surface area contributed by atoms with Crippen LogP contribution in [0.15, 0.2) is 0 Å². The minimum Gasteiger partial charge on any atom is -0.307 e. The van der Waals surface area contributed by atoms with Crippen molar-refractivity contribution in [2.45, 2.75) is 32.2 Å². The molecular weight excluding hydrogens is 142 g/mol. The molecule has 1 rings (SSSR count). The summed E-state index contributed by atoms with van der Waals surface area (Å²) in [6, 6.07) is -0.0427. The molecule has 11 heavy (non-hydrogen) atoms. The first-order valence-corrected chi connectivity index (χ1v) is 3.95. The third-order valence-corrected chi connectivity index (χ3v) is 1.87. The van der Waals surface area contributed by atoms with Crippen LogP contribution in [0.25, 0.3) is 0 Å². The molecule has 1 heterocycles. The first kappa shape index (κ1) is 8.40. The molecule has 0 saturated carbocycles. The van der Waals surface area contributed by atoms with E-state index in [0.717, 1.165) is 19.4 Å². The highest BCUT2D eigenvalue weighted by Gasteiger charge is 2.22. The summed E-state index contributed by atoms with van der Waals surface area (Å²) in [5, 5.41) is 3.06. The van der Waals surface area contributed by atoms with Gasteiger partial charge in [0.2, 0.25) is 0 Å². The van der Waals surface area contributed by atoms with Crippen LogP contribution in [0, 0.1) is 0 Å². The van der Waals surface area contributed by atoms with Crippen LogP contribution < -0.4 is 5.32 Å². The van der Waals surface area contributed by atoms with Crippen molar-refractivity contribution in [3.8, 4) is 0 Å². The summed E-state index contributed by atoms with van der Waals surface area (Å²) >= 11 is 0. The normalized spacial score (nSPS) is 23.5. The second kappa shape index (κ2) is 3.62. The smallest absolute Gasteiger partial charge is 0.157 e. The van der Waals surface area contributed by atoms with Crippen LogP contribution in [0.1, 0.15) is 26.2 Å². The maximum Gasteiger partial charge on any atom is 0.157 e. The molecule has 0 bridgehead atoms. The van der Waals surface area contributed by atoms with Crippen LogP contribution in [0.3, 0.4) is 0 Å². The SMILES string of the molecule is CC(=O)CC(=O)[C@@H]1CCCN1. The number of carbonyl (C=O) groups excluding carboxylic acids is 2. The molecular formula is C8H13NO2. The Kier molecular flexibility index (Phi) is 2.76. The Morgan fingerprint density at radius 3 is 2.73 bits per heavy atom. The molecule has 0 amide bonds. The first-order chi connectivity index (χ1) is 5.20. The number of ketones is 2. The topological polar surface area (TPSA) is 46.2 Å². The monoisotopic (exact) mass is 155 g/mol. The van der Waals surface area contributed by atoms with Crippen molar-refractivity contribution in [3.63, 3.8) is 0 Å². The van der Waals surface area contributed by atoms with E-state index < -0.39 is 0 Å². The van der Waals surface area contributed by atoms with Crippen molar-refractivity contribution in [3.05, 3.63) is 0 Å². The number of nitrogens with one attached hydrogen (secondary N) is 1. The van der Waals surface area contributed by atoms with E-state index in [9.17, 15) is 9.59 Å². The van der Waals surface area contributed by atoms with Crippen molar-refractivity contribution >= 4 is 11.6 Å². The van der Waals surface area contributed by atoms with E-state index in [-0.39, 0.29) is 24.0 Å². The number of Topliss-reactive ketones (excluding diaryl/α,β-unsaturated/α-hetero) is 2. The summed E-state index contributed by atoms with van der Waals surface area (Å²) in [7, 11) is 0. The highest BCUT2D eigenvalue weighted by molar-refractivity contribution is 6.00. The van der Waals surface area contributed by atoms with Crippen LogP contribution in [-0.4, -0.2) is 24.2 Å². The molecule has 0 aromatic heterocycles. The molecule has 0 radical (unpaired) electrons. The highest BCUT2D eigenvalue weighted by Crippen LogP contribution is 2.07. The van der Waals surface area contributed by atoms with Crippen molar-refractivity contribution in [1.82, 2.24) is 5.32 Å². The van der Waals surface area contributed by atoms with Crippen LogP contribution in [0.2, 0.25) is 0 Å². The van der Waals surface area contributed by atoms with Gasteiger partial charge in [0.15, 0.2) is 5.78 Å². The molecule has 0 aromatic rings. The Hall–Kier alpha value is -0.700. The van der Waals surface area contributed by atoms with Gasteiger partial charge < -0.3 is 5.32 Å². The highest BCUT2D eigenvalue weighted by atomic mass is 16.1. The molecule has 1 aliphatic heterocycles. The fourth-order valence-electron chi connectivity index (χ4n) is 1.33. The minimum absolute atomic E-state index is 0.0382. The molecule has 0 unspecified atom stereocenters. The summed E-state index contributed by atoms with van der Waals surface area (Å²) in [6.07, 6.45) is 2.04. The van der Waals surface area contributed by atoms with E-state index in [0.29, 0.717) is 0 Å². The van der Waals surface area contributed by atoms with E-state index in [2.05, 4.69) is 5.32 Å². The van der Waals surface area contributed by atoms with Gasteiger partial charge in [-0.05, 0) is 26.3 Å². The summed E-state index contributed by atoms with van der Waals surface area (Å²) in [6.45, 7) is 2.36. The Morgan fingerprint density at radius 1 is 1.55 bits per heavy atom. The predicted molar refractivity (Wildman–Crippen MR) is 41.3 cm³/mol. The second-order valence-electron chi connectivity index (χ2n) is 2.99. The molecule has 0 aromatic carbocycles. The molecule has 3 nitrogen and oxygen atoms in total. The number of rotatable bonds is 3. The average molecular weight is 155 g/mol. The van der Waals surface area contributed by atoms with Gasteiger partial charge in [0.25, 0.3) is 0 Å². The zero-order chi connectivity index (χ0) is 8.27. The summed E-state index contributed by atoms with van der Waals surface area (Å²) in [4.78, 5) is 21.7. The molecule has 1 aliphatic rings. The third-order valence-electron chi connectivity index (χ3n) is 1.87. The van der Waals surface area contributed by atoms with Crippen molar-refractivity contribution in [2.75, 3.05) is 6.54 Å². The lowest BCUT2D eigenvalue weighted by atomic mass is 10.1. The van der Waals surface area contributed by atoms with Crippen molar-refractivity contribution in [2.24, 2.45) is 0 Å². The van der Waals surface area contributed by atoms with Crippen molar-refractivity contribution in [1.29, 1.82) is 0 Å². The Morgan fingerprint density at radius 2 is 2.27 bits per heavy atom. The third kappa shape index (κ3) is 2.42. The predicted octanol–water partition coefficient (Wildman–Crippen LogP) is 0.287. The van der Waals surface area contributed by atoms with Crippen LogP contribution in [-0.2, 0) is 9.59 Å². The standard InChI is InChI=1S/C8H13NO2/c1-6(10)5-8(11)7-3-2-4-9-7/h7,9H,2-5H2,1H3/t7-/m0/s1. The van der Waals surface area contributed by atoms with E-state index in [1.165, 1.54) is 6.92 Å². The first-order valence-electron chi connectivity index (χ1n) is 3.95. The zero-order valence-corrected chi connectivity index (χ0v) is 6.72. The number of hydrogen-bond donors (Lipinski definition) is 1. The zero-order valence-electron chi connectivity index (χ0n) is 6.72. The minimum atomic E-state index is -0.0427. The second-order valence-corrected chi connectivity index (χ2v) is 2.99. The Balaban J connectivity index is 2.34. The van der Waals surface area contributed by atoms with Crippen molar-refractivity contribution < 1.29 is 9.59 Å². The van der Waals surface area contributed by atoms with Gasteiger partial charge in [0.05, 0.1) is 12.5 Å². The van der Waals surface area contributed by atoms with Crippen LogP contribution in [0.4, 0.5) is 0 Å². The number of carbonyl (C=O) groups is 2. The van der Waals surface area contributed by atoms with Gasteiger partial charge in [0.1, 0.15) is 5.78 Å². The van der Waals surface area contributed by atoms with E-state index in [4.69, 9.17) is 0 Å². The average Bonchev–Trinajstić information content (AvgIpc) is 2.35. The molecule has 3 heteroatoms. The molecule has 0 spiro atoms. The largest absolute Gasteiger partial charge is 0.307 e. The van der Waals surface area contributed by atoms with Gasteiger partial charge >= 0.3 is 0 Å². The summed E-state index contributed by atoms with van der Waals surface area (Å²) in [5.41, 5.74) is 0. The van der Waals surface area contributed by atoms with Crippen LogP contribution >= 0.6 is 0 Å². The summed E-state index contributed by atoms with van der Waals surface area (Å²) in [5.74, 6) is 0.0127. The molecule has 1 saturated heterocycles. The Bertz CT molecular complexity index is 171. The quantitative estimate of drug-likeness (QED) is 0.596. The molecule has 1 atom stereocenters. The molecule has 0 aliphatic carbocycles. The molecule has 1 fully saturated rings. The van der Waals surface area contributed by atoms with E-state index in [1.54, 1.807) is 0 Å². The van der Waals surface area contributed by atoms with E-state index in [1.807, 2.05) is 0 Å². The Labute approximate surface area is 66.2 Å². The maximum atomic E-state index is 11.2. The van der Waals surface area contributed by atoms with Gasteiger partial charge in [-0.15, -0.1) is 0 Å². The fourth-order valence-corrected chi connectivity index (χ4v) is 1.33. The van der Waals surface area contributed by atoms with Gasteiger partial charge in [-0.1, -0.05) is 0 Å². The van der Waals surface area contributed by atoms with Crippen LogP contribution in [0.5, 0.6) is 0 Å². The maximum absolute atomic E-state index is 11.2. The lowest BCUT2D eigenvalue weighted by Gasteiger charge is -2.05. The molecule has 62 valence electrons.